The van der Waals surface area contributed by atoms with Crippen molar-refractivity contribution < 1.29 is 36.6 Å². The summed E-state index contributed by atoms with van der Waals surface area (Å²) in [6, 6.07) is 1.70. The van der Waals surface area contributed by atoms with E-state index in [9.17, 15) is 13.6 Å². The van der Waals surface area contributed by atoms with E-state index in [4.69, 9.17) is 14.2 Å². The third kappa shape index (κ3) is 5.05. The molecule has 39 heavy (non-hydrogen) atoms. The van der Waals surface area contributed by atoms with Crippen LogP contribution in [0.1, 0.15) is 24.5 Å². The molecule has 2 aromatic heterocycles. The maximum absolute atomic E-state index is 15.3. The number of methoxy groups -OCH3 is 2. The zero-order chi connectivity index (χ0) is 27.9. The molecule has 1 aromatic carbocycles. The van der Waals surface area contributed by atoms with Gasteiger partial charge in [0.25, 0.3) is 0 Å². The SMILES string of the molecule is C=CC(=O)N[C@H]1COC[C@H]1Nc1ncc2cc(-c3c(F)c(OC)cc(OC)c3F)nc(C3CC(F)(F)C3)c2n1. The van der Waals surface area contributed by atoms with Gasteiger partial charge in [0.05, 0.1) is 62.0 Å². The van der Waals surface area contributed by atoms with Crippen LogP contribution in [0.25, 0.3) is 22.2 Å². The van der Waals surface area contributed by atoms with E-state index in [-0.39, 0.29) is 65.6 Å². The molecule has 0 unspecified atom stereocenters. The van der Waals surface area contributed by atoms with Crippen LogP contribution < -0.4 is 20.1 Å². The summed E-state index contributed by atoms with van der Waals surface area (Å²) < 4.78 is 73.8. The summed E-state index contributed by atoms with van der Waals surface area (Å²) in [5, 5.41) is 6.20. The van der Waals surface area contributed by atoms with Crippen molar-refractivity contribution in [3.05, 3.63) is 48.3 Å². The first-order chi connectivity index (χ1) is 18.6. The number of hydrogen-bond donors (Lipinski definition) is 2. The molecule has 1 saturated heterocycles. The molecule has 1 aliphatic carbocycles. The van der Waals surface area contributed by atoms with Gasteiger partial charge in [-0.15, -0.1) is 0 Å². The van der Waals surface area contributed by atoms with E-state index in [0.29, 0.717) is 5.39 Å². The number of hydrogen-bond acceptors (Lipinski definition) is 8. The largest absolute Gasteiger partial charge is 0.494 e. The highest BCUT2D eigenvalue weighted by Gasteiger charge is 2.47. The number of amides is 1. The average Bonchev–Trinajstić information content (AvgIpc) is 3.33. The molecular weight excluding hydrogens is 522 g/mol. The van der Waals surface area contributed by atoms with E-state index in [1.165, 1.54) is 26.5 Å². The lowest BCUT2D eigenvalue weighted by Crippen LogP contribution is -2.45. The number of carbonyl (C=O) groups is 1. The Morgan fingerprint density at radius 2 is 1.77 bits per heavy atom. The number of carbonyl (C=O) groups excluding carboxylic acids is 1. The Kier molecular flexibility index (Phi) is 7.02. The van der Waals surface area contributed by atoms with Crippen molar-refractivity contribution in [1.29, 1.82) is 0 Å². The summed E-state index contributed by atoms with van der Waals surface area (Å²) in [4.78, 5) is 25.0. The van der Waals surface area contributed by atoms with Gasteiger partial charge in [-0.2, -0.15) is 0 Å². The van der Waals surface area contributed by atoms with E-state index in [2.05, 4.69) is 32.2 Å². The fraction of sp³-hybridized carbons (Fsp3) is 0.385. The van der Waals surface area contributed by atoms with Crippen molar-refractivity contribution >= 4 is 22.8 Å². The number of ether oxygens (including phenoxy) is 3. The van der Waals surface area contributed by atoms with Gasteiger partial charge >= 0.3 is 0 Å². The van der Waals surface area contributed by atoms with Gasteiger partial charge in [-0.1, -0.05) is 6.58 Å². The second-order valence-corrected chi connectivity index (χ2v) is 9.38. The van der Waals surface area contributed by atoms with Crippen LogP contribution in [0.4, 0.5) is 23.5 Å². The van der Waals surface area contributed by atoms with E-state index in [1.54, 1.807) is 0 Å². The van der Waals surface area contributed by atoms with Gasteiger partial charge in [-0.3, -0.25) is 4.79 Å². The summed E-state index contributed by atoms with van der Waals surface area (Å²) in [6.45, 7) is 3.96. The molecule has 0 spiro atoms. The molecule has 3 heterocycles. The van der Waals surface area contributed by atoms with Gasteiger partial charge in [-0.25, -0.2) is 32.5 Å². The highest BCUT2D eigenvalue weighted by molar-refractivity contribution is 5.87. The topological polar surface area (TPSA) is 107 Å². The summed E-state index contributed by atoms with van der Waals surface area (Å²) in [6.07, 6.45) is 1.60. The third-order valence-corrected chi connectivity index (χ3v) is 6.81. The average molecular weight is 548 g/mol. The van der Waals surface area contributed by atoms with E-state index in [1.807, 2.05) is 0 Å². The molecule has 9 nitrogen and oxygen atoms in total. The molecule has 0 bridgehead atoms. The zero-order valence-electron chi connectivity index (χ0n) is 21.1. The van der Waals surface area contributed by atoms with Crippen LogP contribution in [0.15, 0.2) is 31.0 Å². The van der Waals surface area contributed by atoms with Gasteiger partial charge in [0.1, 0.15) is 0 Å². The number of anilines is 1. The van der Waals surface area contributed by atoms with Gasteiger partial charge in [0.2, 0.25) is 17.8 Å². The maximum atomic E-state index is 15.3. The van der Waals surface area contributed by atoms with Crippen molar-refractivity contribution in [2.24, 2.45) is 0 Å². The number of halogens is 4. The molecule has 1 amide bonds. The van der Waals surface area contributed by atoms with Crippen LogP contribution in [0.2, 0.25) is 0 Å². The lowest BCUT2D eigenvalue weighted by molar-refractivity contribution is -0.117. The standard InChI is InChI=1S/C26H25F4N5O4/c1-4-19(36)32-15-10-39-11-16(15)34-25-31-9-12-5-14(20-21(27)17(37-2)6-18(38-3)22(20)28)33-24(23(12)35-25)13-7-26(29,30)8-13/h4-6,9,13,15-16H,1,7-8,10-11H2,2-3H3,(H,32,36)(H,31,34,35)/t15-,16+/m0/s1. The Bertz CT molecular complexity index is 1420. The van der Waals surface area contributed by atoms with Crippen LogP contribution in [-0.4, -0.2) is 66.3 Å². The van der Waals surface area contributed by atoms with Crippen LogP contribution in [0, 0.1) is 11.6 Å². The Morgan fingerprint density at radius 1 is 1.10 bits per heavy atom. The van der Waals surface area contributed by atoms with Crippen molar-refractivity contribution in [3.8, 4) is 22.8 Å². The van der Waals surface area contributed by atoms with Crippen LogP contribution in [0.5, 0.6) is 11.5 Å². The Hall–Kier alpha value is -4.00. The second kappa shape index (κ2) is 10.3. The zero-order valence-corrected chi connectivity index (χ0v) is 21.1. The second-order valence-electron chi connectivity index (χ2n) is 9.38. The summed E-state index contributed by atoms with van der Waals surface area (Å²) in [5.74, 6) is -6.35. The molecule has 0 radical (unpaired) electrons. The molecular formula is C26H25F4N5O4. The molecule has 1 saturated carbocycles. The van der Waals surface area contributed by atoms with Gasteiger partial charge < -0.3 is 24.8 Å². The summed E-state index contributed by atoms with van der Waals surface area (Å²) >= 11 is 0. The maximum Gasteiger partial charge on any atom is 0.249 e. The molecule has 5 rings (SSSR count). The number of pyridine rings is 1. The number of alkyl halides is 2. The number of fused-ring (bicyclic) bond motifs is 1. The molecule has 2 atom stereocenters. The first-order valence-corrected chi connectivity index (χ1v) is 12.1. The lowest BCUT2D eigenvalue weighted by atomic mass is 9.78. The van der Waals surface area contributed by atoms with Crippen LogP contribution >= 0.6 is 0 Å². The van der Waals surface area contributed by atoms with Crippen molar-refractivity contribution in [2.75, 3.05) is 32.8 Å². The van der Waals surface area contributed by atoms with Crippen molar-refractivity contribution in [3.63, 3.8) is 0 Å². The van der Waals surface area contributed by atoms with Gasteiger partial charge in [-0.05, 0) is 12.1 Å². The number of nitrogens with one attached hydrogen (secondary N) is 2. The predicted octanol–water partition coefficient (Wildman–Crippen LogP) is 3.98. The third-order valence-electron chi connectivity index (χ3n) is 6.81. The fourth-order valence-electron chi connectivity index (χ4n) is 4.76. The number of nitrogens with zero attached hydrogens (tertiary/aromatic N) is 3. The van der Waals surface area contributed by atoms with Gasteiger partial charge in [0, 0.05) is 36.4 Å². The Labute approximate surface area is 220 Å². The quantitative estimate of drug-likeness (QED) is 0.322. The highest BCUT2D eigenvalue weighted by Crippen LogP contribution is 2.49. The molecule has 2 aliphatic rings. The number of benzene rings is 1. The molecule has 2 fully saturated rings. The smallest absolute Gasteiger partial charge is 0.249 e. The fourth-order valence-corrected chi connectivity index (χ4v) is 4.76. The van der Waals surface area contributed by atoms with Crippen molar-refractivity contribution in [2.45, 2.75) is 36.8 Å². The first-order valence-electron chi connectivity index (χ1n) is 12.1. The molecule has 2 N–H and O–H groups in total. The Morgan fingerprint density at radius 3 is 2.38 bits per heavy atom. The first kappa shape index (κ1) is 26.6. The van der Waals surface area contributed by atoms with E-state index in [0.717, 1.165) is 12.1 Å². The predicted molar refractivity (Wildman–Crippen MR) is 133 cm³/mol. The van der Waals surface area contributed by atoms with Crippen LogP contribution in [-0.2, 0) is 9.53 Å². The number of rotatable bonds is 8. The monoisotopic (exact) mass is 547 g/mol. The summed E-state index contributed by atoms with van der Waals surface area (Å²) in [5.41, 5.74) is -0.233. The molecule has 1 aliphatic heterocycles. The minimum absolute atomic E-state index is 0.138. The molecule has 206 valence electrons. The van der Waals surface area contributed by atoms with E-state index >= 15 is 8.78 Å². The number of aromatic nitrogens is 3. The van der Waals surface area contributed by atoms with E-state index < -0.39 is 41.9 Å². The lowest BCUT2D eigenvalue weighted by Gasteiger charge is -2.35. The Balaban J connectivity index is 1.58. The van der Waals surface area contributed by atoms with Gasteiger partial charge in [0.15, 0.2) is 23.1 Å². The van der Waals surface area contributed by atoms with Crippen molar-refractivity contribution in [1.82, 2.24) is 20.3 Å². The summed E-state index contributed by atoms with van der Waals surface area (Å²) in [7, 11) is 2.45. The highest BCUT2D eigenvalue weighted by atomic mass is 19.3. The minimum Gasteiger partial charge on any atom is -0.494 e. The van der Waals surface area contributed by atoms with Crippen LogP contribution in [0.3, 0.4) is 0 Å². The minimum atomic E-state index is -2.88. The molecule has 3 aromatic rings. The molecule has 13 heteroatoms. The normalized spacial score (nSPS) is 20.4.